The quantitative estimate of drug-likeness (QED) is 0.701. The summed E-state index contributed by atoms with van der Waals surface area (Å²) in [6.07, 6.45) is 0. The molecule has 0 atom stereocenters. The van der Waals surface area contributed by atoms with Gasteiger partial charge in [-0.2, -0.15) is 5.10 Å². The van der Waals surface area contributed by atoms with Gasteiger partial charge in [0, 0.05) is 17.1 Å². The fourth-order valence-corrected chi connectivity index (χ4v) is 3.72. The first-order valence-corrected chi connectivity index (χ1v) is 9.05. The molecule has 0 fully saturated rings. The number of benzene rings is 1. The van der Waals surface area contributed by atoms with Gasteiger partial charge in [-0.25, -0.2) is 14.1 Å². The summed E-state index contributed by atoms with van der Waals surface area (Å²) >= 11 is 2.92. The molecule has 1 aromatic carbocycles. The van der Waals surface area contributed by atoms with Crippen molar-refractivity contribution in [2.75, 3.05) is 11.1 Å². The molecule has 0 saturated heterocycles. The highest BCUT2D eigenvalue weighted by Crippen LogP contribution is 2.23. The number of nitrogens with one attached hydrogen (secondary N) is 1. The van der Waals surface area contributed by atoms with E-state index in [0.29, 0.717) is 11.5 Å². The SMILES string of the molecule is Cc1csc(SCC(=O)Nc2cc(C)nn2-c2ccc(F)cc2)n1. The molecule has 0 spiro atoms. The number of carbonyl (C=O) groups excluding carboxylic acids is 1. The third-order valence-electron chi connectivity index (χ3n) is 3.09. The zero-order valence-electron chi connectivity index (χ0n) is 13.1. The predicted molar refractivity (Wildman–Crippen MR) is 94.5 cm³/mol. The first kappa shape index (κ1) is 16.7. The van der Waals surface area contributed by atoms with Crippen LogP contribution in [0, 0.1) is 19.7 Å². The van der Waals surface area contributed by atoms with Crippen LogP contribution < -0.4 is 5.32 Å². The van der Waals surface area contributed by atoms with E-state index in [2.05, 4.69) is 15.4 Å². The summed E-state index contributed by atoms with van der Waals surface area (Å²) in [5, 5.41) is 9.14. The molecule has 3 aromatic rings. The number of carbonyl (C=O) groups is 1. The molecule has 0 radical (unpaired) electrons. The molecule has 124 valence electrons. The minimum atomic E-state index is -0.316. The Labute approximate surface area is 146 Å². The molecule has 0 unspecified atom stereocenters. The lowest BCUT2D eigenvalue weighted by Crippen LogP contribution is -2.16. The lowest BCUT2D eigenvalue weighted by Gasteiger charge is -2.08. The first-order valence-electron chi connectivity index (χ1n) is 7.18. The van der Waals surface area contributed by atoms with Gasteiger partial charge >= 0.3 is 0 Å². The topological polar surface area (TPSA) is 59.8 Å². The normalized spacial score (nSPS) is 10.8. The number of anilines is 1. The van der Waals surface area contributed by atoms with Crippen molar-refractivity contribution in [3.05, 3.63) is 52.9 Å². The summed E-state index contributed by atoms with van der Waals surface area (Å²) in [5.74, 6) is 0.361. The van der Waals surface area contributed by atoms with Gasteiger partial charge in [-0.05, 0) is 38.1 Å². The fourth-order valence-electron chi connectivity index (χ4n) is 2.07. The maximum absolute atomic E-state index is 13.1. The van der Waals surface area contributed by atoms with E-state index in [1.807, 2.05) is 19.2 Å². The Morgan fingerprint density at radius 1 is 1.29 bits per heavy atom. The summed E-state index contributed by atoms with van der Waals surface area (Å²) in [6, 6.07) is 7.73. The lowest BCUT2D eigenvalue weighted by atomic mass is 10.3. The summed E-state index contributed by atoms with van der Waals surface area (Å²) in [6.45, 7) is 3.76. The van der Waals surface area contributed by atoms with Gasteiger partial charge in [-0.3, -0.25) is 4.79 Å². The molecule has 2 aromatic heterocycles. The molecule has 0 aliphatic rings. The molecule has 2 heterocycles. The molecule has 8 heteroatoms. The number of thiazole rings is 1. The Morgan fingerprint density at radius 2 is 2.04 bits per heavy atom. The molecule has 1 N–H and O–H groups in total. The number of amides is 1. The highest BCUT2D eigenvalue weighted by molar-refractivity contribution is 8.01. The maximum Gasteiger partial charge on any atom is 0.235 e. The Balaban J connectivity index is 1.70. The highest BCUT2D eigenvalue weighted by atomic mass is 32.2. The van der Waals surface area contributed by atoms with Crippen molar-refractivity contribution in [1.82, 2.24) is 14.8 Å². The molecule has 0 aliphatic heterocycles. The van der Waals surface area contributed by atoms with Gasteiger partial charge in [-0.15, -0.1) is 11.3 Å². The number of nitrogens with zero attached hydrogens (tertiary/aromatic N) is 3. The van der Waals surface area contributed by atoms with Crippen molar-refractivity contribution in [3.8, 4) is 5.69 Å². The summed E-state index contributed by atoms with van der Waals surface area (Å²) < 4.78 is 15.5. The maximum atomic E-state index is 13.1. The van der Waals surface area contributed by atoms with E-state index >= 15 is 0 Å². The molecule has 0 aliphatic carbocycles. The number of hydrogen-bond acceptors (Lipinski definition) is 5. The first-order chi connectivity index (χ1) is 11.5. The van der Waals surface area contributed by atoms with Crippen LogP contribution in [0.2, 0.25) is 0 Å². The second-order valence-electron chi connectivity index (χ2n) is 5.15. The monoisotopic (exact) mass is 362 g/mol. The standard InChI is InChI=1S/C16H15FN4OS2/c1-10-7-14(21(20-10)13-5-3-12(17)4-6-13)19-15(22)9-24-16-18-11(2)8-23-16/h3-8H,9H2,1-2H3,(H,19,22). The van der Waals surface area contributed by atoms with Crippen LogP contribution in [0.15, 0.2) is 40.1 Å². The minimum absolute atomic E-state index is 0.142. The van der Waals surface area contributed by atoms with Gasteiger partial charge in [0.1, 0.15) is 11.6 Å². The molecule has 1 amide bonds. The predicted octanol–water partition coefficient (Wildman–Crippen LogP) is 3.82. The van der Waals surface area contributed by atoms with Gasteiger partial charge in [0.15, 0.2) is 4.34 Å². The summed E-state index contributed by atoms with van der Waals surface area (Å²) in [4.78, 5) is 16.5. The van der Waals surface area contributed by atoms with E-state index in [-0.39, 0.29) is 17.5 Å². The molecule has 0 bridgehead atoms. The van der Waals surface area contributed by atoms with Crippen LogP contribution in [0.5, 0.6) is 0 Å². The smallest absolute Gasteiger partial charge is 0.235 e. The van der Waals surface area contributed by atoms with Gasteiger partial charge in [0.05, 0.1) is 17.1 Å². The molecular formula is C16H15FN4OS2. The largest absolute Gasteiger partial charge is 0.310 e. The van der Waals surface area contributed by atoms with E-state index < -0.39 is 0 Å². The third kappa shape index (κ3) is 4.01. The zero-order valence-corrected chi connectivity index (χ0v) is 14.7. The van der Waals surface area contributed by atoms with Gasteiger partial charge in [0.25, 0.3) is 0 Å². The van der Waals surface area contributed by atoms with Gasteiger partial charge < -0.3 is 5.32 Å². The lowest BCUT2D eigenvalue weighted by molar-refractivity contribution is -0.113. The Bertz CT molecular complexity index is 857. The molecular weight excluding hydrogens is 347 g/mol. The van der Waals surface area contributed by atoms with Crippen molar-refractivity contribution >= 4 is 34.8 Å². The number of rotatable bonds is 5. The second-order valence-corrected chi connectivity index (χ2v) is 7.23. The van der Waals surface area contributed by atoms with Crippen molar-refractivity contribution in [2.24, 2.45) is 0 Å². The minimum Gasteiger partial charge on any atom is -0.310 e. The Morgan fingerprint density at radius 3 is 2.71 bits per heavy atom. The van der Waals surface area contributed by atoms with Gasteiger partial charge in [-0.1, -0.05) is 11.8 Å². The average molecular weight is 362 g/mol. The second kappa shape index (κ2) is 7.14. The fraction of sp³-hybridized carbons (Fsp3) is 0.188. The average Bonchev–Trinajstić information content (AvgIpc) is 3.12. The van der Waals surface area contributed by atoms with Crippen LogP contribution in [-0.4, -0.2) is 26.4 Å². The summed E-state index contributed by atoms with van der Waals surface area (Å²) in [5.41, 5.74) is 2.40. The van der Waals surface area contributed by atoms with Crippen LogP contribution in [0.1, 0.15) is 11.4 Å². The number of aromatic nitrogens is 3. The van der Waals surface area contributed by atoms with Crippen LogP contribution in [0.25, 0.3) is 5.69 Å². The number of aryl methyl sites for hydroxylation is 2. The molecule has 0 saturated carbocycles. The number of hydrogen-bond donors (Lipinski definition) is 1. The van der Waals surface area contributed by atoms with Crippen molar-refractivity contribution in [1.29, 1.82) is 0 Å². The van der Waals surface area contributed by atoms with E-state index in [0.717, 1.165) is 15.7 Å². The van der Waals surface area contributed by atoms with Crippen molar-refractivity contribution in [3.63, 3.8) is 0 Å². The van der Waals surface area contributed by atoms with E-state index in [9.17, 15) is 9.18 Å². The van der Waals surface area contributed by atoms with Crippen molar-refractivity contribution < 1.29 is 9.18 Å². The van der Waals surface area contributed by atoms with E-state index in [4.69, 9.17) is 0 Å². The van der Waals surface area contributed by atoms with Crippen molar-refractivity contribution in [2.45, 2.75) is 18.2 Å². The van der Waals surface area contributed by atoms with Gasteiger partial charge in [0.2, 0.25) is 5.91 Å². The van der Waals surface area contributed by atoms with Crippen LogP contribution in [0.3, 0.4) is 0 Å². The highest BCUT2D eigenvalue weighted by Gasteiger charge is 2.12. The Kier molecular flexibility index (Phi) is 4.96. The van der Waals surface area contributed by atoms with Crippen LogP contribution in [0.4, 0.5) is 10.2 Å². The molecule has 3 rings (SSSR count). The molecule has 24 heavy (non-hydrogen) atoms. The third-order valence-corrected chi connectivity index (χ3v) is 5.23. The van der Waals surface area contributed by atoms with E-state index in [1.54, 1.807) is 22.9 Å². The van der Waals surface area contributed by atoms with Crippen LogP contribution >= 0.6 is 23.1 Å². The summed E-state index contributed by atoms with van der Waals surface area (Å²) in [7, 11) is 0. The number of halogens is 1. The van der Waals surface area contributed by atoms with E-state index in [1.165, 1.54) is 35.2 Å². The zero-order chi connectivity index (χ0) is 17.1. The molecule has 5 nitrogen and oxygen atoms in total. The van der Waals surface area contributed by atoms with Crippen LogP contribution in [-0.2, 0) is 4.79 Å². The number of thioether (sulfide) groups is 1. The Hall–Kier alpha value is -2.19.